The Bertz CT molecular complexity index is 753. The summed E-state index contributed by atoms with van der Waals surface area (Å²) in [4.78, 5) is 14.6. The van der Waals surface area contributed by atoms with E-state index in [-0.39, 0.29) is 11.4 Å². The third-order valence-electron chi connectivity index (χ3n) is 4.50. The van der Waals surface area contributed by atoms with Crippen LogP contribution in [0.4, 0.5) is 22.0 Å². The van der Waals surface area contributed by atoms with Gasteiger partial charge in [-0.3, -0.25) is 10.00 Å². The van der Waals surface area contributed by atoms with Gasteiger partial charge in [-0.15, -0.1) is 0 Å². The second kappa shape index (κ2) is 7.37. The van der Waals surface area contributed by atoms with Gasteiger partial charge in [-0.25, -0.2) is 4.79 Å². The van der Waals surface area contributed by atoms with Crippen LogP contribution >= 0.6 is 0 Å². The molecule has 1 saturated heterocycles. The lowest BCUT2D eigenvalue weighted by Gasteiger charge is -2.29. The molecular weight excluding hydrogens is 328 g/mol. The van der Waals surface area contributed by atoms with Crippen LogP contribution in [0.3, 0.4) is 0 Å². The predicted molar refractivity (Wildman–Crippen MR) is 106 cm³/mol. The van der Waals surface area contributed by atoms with Gasteiger partial charge in [0.2, 0.25) is 0 Å². The normalized spacial score (nSPS) is 15.0. The van der Waals surface area contributed by atoms with Gasteiger partial charge < -0.3 is 15.5 Å². The van der Waals surface area contributed by atoms with Crippen molar-refractivity contribution in [2.24, 2.45) is 7.05 Å². The molecule has 0 saturated carbocycles. The molecule has 0 bridgehead atoms. The summed E-state index contributed by atoms with van der Waals surface area (Å²) < 4.78 is 1.69. The number of urea groups is 1. The van der Waals surface area contributed by atoms with Crippen molar-refractivity contribution < 1.29 is 4.79 Å². The zero-order valence-electron chi connectivity index (χ0n) is 16.0. The Morgan fingerprint density at radius 1 is 1.12 bits per heavy atom. The topological polar surface area (TPSA) is 74.2 Å². The van der Waals surface area contributed by atoms with E-state index in [2.05, 4.69) is 46.7 Å². The van der Waals surface area contributed by atoms with Crippen LogP contribution in [0.25, 0.3) is 0 Å². The Morgan fingerprint density at radius 2 is 1.77 bits per heavy atom. The molecule has 0 atom stereocenters. The van der Waals surface area contributed by atoms with Crippen molar-refractivity contribution in [3.05, 3.63) is 36.0 Å². The van der Waals surface area contributed by atoms with Crippen LogP contribution in [-0.4, -0.2) is 42.0 Å². The first-order valence-corrected chi connectivity index (χ1v) is 9.01. The van der Waals surface area contributed by atoms with E-state index >= 15 is 0 Å². The molecule has 0 aliphatic carbocycles. The maximum Gasteiger partial charge on any atom is 0.324 e. The predicted octanol–water partition coefficient (Wildman–Crippen LogP) is 2.77. The van der Waals surface area contributed by atoms with E-state index in [0.29, 0.717) is 5.82 Å². The molecule has 2 amide bonds. The summed E-state index contributed by atoms with van der Waals surface area (Å²) in [6.07, 6.45) is 0. The van der Waals surface area contributed by atoms with E-state index in [4.69, 9.17) is 0 Å². The Hall–Kier alpha value is -2.54. The molecule has 1 aliphatic heterocycles. The van der Waals surface area contributed by atoms with Gasteiger partial charge in [0.1, 0.15) is 5.82 Å². The number of aryl methyl sites for hydroxylation is 1. The number of amides is 2. The molecule has 0 radical (unpaired) electrons. The van der Waals surface area contributed by atoms with Crippen LogP contribution in [-0.2, 0) is 12.5 Å². The fraction of sp³-hybridized carbons (Fsp3) is 0.474. The number of nitrogens with zero attached hydrogens (tertiary/aromatic N) is 3. The van der Waals surface area contributed by atoms with E-state index < -0.39 is 0 Å². The molecule has 0 unspecified atom stereocenters. The zero-order chi connectivity index (χ0) is 18.7. The number of carbonyl (C=O) groups is 1. The number of carbonyl (C=O) groups excluding carboxylic acids is 1. The molecule has 1 aliphatic rings. The SMILES string of the molecule is Cn1nc(C(C)(C)C)cc1NC(=O)Nc1ccc(N2CCNCC2)cc1. The standard InChI is InChI=1S/C19H28N6O/c1-19(2,3)16-13-17(24(4)23-16)22-18(26)21-14-5-7-15(8-6-14)25-11-9-20-10-12-25/h5-8,13,20H,9-12H2,1-4H3,(H2,21,22,26). The molecule has 2 heterocycles. The molecule has 0 spiro atoms. The molecule has 140 valence electrons. The summed E-state index contributed by atoms with van der Waals surface area (Å²) in [6, 6.07) is 9.59. The highest BCUT2D eigenvalue weighted by Crippen LogP contribution is 2.23. The summed E-state index contributed by atoms with van der Waals surface area (Å²) in [5.41, 5.74) is 2.82. The molecule has 26 heavy (non-hydrogen) atoms. The van der Waals surface area contributed by atoms with Gasteiger partial charge in [-0.1, -0.05) is 20.8 Å². The largest absolute Gasteiger partial charge is 0.369 e. The minimum Gasteiger partial charge on any atom is -0.369 e. The van der Waals surface area contributed by atoms with E-state index in [1.54, 1.807) is 4.68 Å². The average Bonchev–Trinajstić information content (AvgIpc) is 2.97. The van der Waals surface area contributed by atoms with E-state index in [0.717, 1.165) is 37.6 Å². The minimum atomic E-state index is -0.275. The van der Waals surface area contributed by atoms with Crippen molar-refractivity contribution in [3.63, 3.8) is 0 Å². The summed E-state index contributed by atoms with van der Waals surface area (Å²) in [5, 5.41) is 13.6. The van der Waals surface area contributed by atoms with Gasteiger partial charge in [0.05, 0.1) is 5.69 Å². The average molecular weight is 356 g/mol. The fourth-order valence-electron chi connectivity index (χ4n) is 2.91. The maximum absolute atomic E-state index is 12.3. The monoisotopic (exact) mass is 356 g/mol. The lowest BCUT2D eigenvalue weighted by molar-refractivity contribution is 0.262. The Labute approximate surface area is 154 Å². The molecule has 3 N–H and O–H groups in total. The van der Waals surface area contributed by atoms with Crippen LogP contribution in [0.2, 0.25) is 0 Å². The molecule has 1 aromatic heterocycles. The first-order chi connectivity index (χ1) is 12.3. The van der Waals surface area contributed by atoms with Crippen molar-refractivity contribution >= 4 is 23.2 Å². The third-order valence-corrected chi connectivity index (χ3v) is 4.50. The Kier molecular flexibility index (Phi) is 5.18. The Balaban J connectivity index is 1.60. The van der Waals surface area contributed by atoms with Gasteiger partial charge >= 0.3 is 6.03 Å². The van der Waals surface area contributed by atoms with Gasteiger partial charge in [-0.05, 0) is 24.3 Å². The number of aromatic nitrogens is 2. The second-order valence-electron chi connectivity index (χ2n) is 7.65. The summed E-state index contributed by atoms with van der Waals surface area (Å²) in [5.74, 6) is 0.671. The molecule has 7 heteroatoms. The lowest BCUT2D eigenvalue weighted by Crippen LogP contribution is -2.43. The second-order valence-corrected chi connectivity index (χ2v) is 7.65. The minimum absolute atomic E-state index is 0.0615. The summed E-state index contributed by atoms with van der Waals surface area (Å²) in [6.45, 7) is 10.3. The van der Waals surface area contributed by atoms with E-state index in [1.165, 1.54) is 5.69 Å². The van der Waals surface area contributed by atoms with Gasteiger partial charge in [0.15, 0.2) is 0 Å². The van der Waals surface area contributed by atoms with Gasteiger partial charge in [0, 0.05) is 56.1 Å². The lowest BCUT2D eigenvalue weighted by atomic mass is 9.92. The first kappa shape index (κ1) is 18.3. The molecule has 3 rings (SSSR count). The van der Waals surface area contributed by atoms with E-state index in [1.807, 2.05) is 37.4 Å². The van der Waals surface area contributed by atoms with Crippen molar-refractivity contribution in [1.29, 1.82) is 0 Å². The van der Waals surface area contributed by atoms with Crippen LogP contribution < -0.4 is 20.9 Å². The highest BCUT2D eigenvalue weighted by molar-refractivity contribution is 5.99. The van der Waals surface area contributed by atoms with Gasteiger partial charge in [-0.2, -0.15) is 5.10 Å². The van der Waals surface area contributed by atoms with Crippen molar-refractivity contribution in [2.45, 2.75) is 26.2 Å². The van der Waals surface area contributed by atoms with Crippen LogP contribution in [0.5, 0.6) is 0 Å². The van der Waals surface area contributed by atoms with Crippen molar-refractivity contribution in [2.75, 3.05) is 41.7 Å². The highest BCUT2D eigenvalue weighted by atomic mass is 16.2. The third kappa shape index (κ3) is 4.35. The summed E-state index contributed by atoms with van der Waals surface area (Å²) >= 11 is 0. The zero-order valence-corrected chi connectivity index (χ0v) is 16.0. The fourth-order valence-corrected chi connectivity index (χ4v) is 2.91. The number of hydrogen-bond donors (Lipinski definition) is 3. The summed E-state index contributed by atoms with van der Waals surface area (Å²) in [7, 11) is 1.83. The van der Waals surface area contributed by atoms with E-state index in [9.17, 15) is 4.79 Å². The number of rotatable bonds is 3. The van der Waals surface area contributed by atoms with Crippen LogP contribution in [0.1, 0.15) is 26.5 Å². The molecule has 1 fully saturated rings. The number of benzene rings is 1. The molecule has 1 aromatic carbocycles. The highest BCUT2D eigenvalue weighted by Gasteiger charge is 2.19. The van der Waals surface area contributed by atoms with Gasteiger partial charge in [0.25, 0.3) is 0 Å². The van der Waals surface area contributed by atoms with Crippen LogP contribution in [0, 0.1) is 0 Å². The maximum atomic E-state index is 12.3. The Morgan fingerprint density at radius 3 is 2.35 bits per heavy atom. The van der Waals surface area contributed by atoms with Crippen molar-refractivity contribution in [3.8, 4) is 0 Å². The van der Waals surface area contributed by atoms with Crippen LogP contribution in [0.15, 0.2) is 30.3 Å². The number of hydrogen-bond acceptors (Lipinski definition) is 4. The molecule has 2 aromatic rings. The quantitative estimate of drug-likeness (QED) is 0.791. The number of piperazine rings is 1. The first-order valence-electron chi connectivity index (χ1n) is 9.01. The molecule has 7 nitrogen and oxygen atoms in total. The van der Waals surface area contributed by atoms with Crippen molar-refractivity contribution in [1.82, 2.24) is 15.1 Å². The molecular formula is C19H28N6O. The number of nitrogens with one attached hydrogen (secondary N) is 3. The number of anilines is 3. The smallest absolute Gasteiger partial charge is 0.324 e.